The predicted octanol–water partition coefficient (Wildman–Crippen LogP) is 2.07. The summed E-state index contributed by atoms with van der Waals surface area (Å²) in [5.74, 6) is -1.20. The molecule has 2 bridgehead atoms. The number of carboxylic acid groups (broad SMARTS) is 2. The van der Waals surface area contributed by atoms with E-state index in [0.717, 1.165) is 5.57 Å². The molecule has 2 aliphatic heterocycles. The van der Waals surface area contributed by atoms with Gasteiger partial charge in [0.1, 0.15) is 0 Å². The van der Waals surface area contributed by atoms with Crippen LogP contribution in [0.4, 0.5) is 4.79 Å². The van der Waals surface area contributed by atoms with E-state index in [9.17, 15) is 19.8 Å². The molecular weight excluding hydrogens is 458 g/mol. The summed E-state index contributed by atoms with van der Waals surface area (Å²) in [7, 11) is 2.09. The second-order valence-electron chi connectivity index (χ2n) is 7.82. The zero-order chi connectivity index (χ0) is 23.8. The van der Waals surface area contributed by atoms with E-state index in [2.05, 4.69) is 0 Å². The third-order valence-corrected chi connectivity index (χ3v) is 13.3. The maximum atomic E-state index is 12.7. The molecule has 2 heterocycles. The minimum Gasteiger partial charge on any atom is -0.478 e. The van der Waals surface area contributed by atoms with Crippen LogP contribution in [0.1, 0.15) is 25.7 Å². The van der Waals surface area contributed by atoms with Gasteiger partial charge in [-0.15, -0.1) is 0 Å². The Balaban J connectivity index is 2.31. The van der Waals surface area contributed by atoms with Crippen molar-refractivity contribution >= 4 is 29.7 Å². The molecule has 0 radical (unpaired) electrons. The van der Waals surface area contributed by atoms with E-state index in [4.69, 9.17) is 26.6 Å². The van der Waals surface area contributed by atoms with E-state index in [-0.39, 0.29) is 5.57 Å². The standard InChI is InChI=1S/C19H31NO10Si2/c1-25-31(26-2,27-3)13-9-7-11-12-8-10-14(32(28-4,29-5)30-6)17(20(12)19(23)24)16(15(11)13)18(21)22/h13-14,17H,7-10H2,1-6H3,(H,21,22)(H,23,24). The average Bonchev–Trinajstić information content (AvgIpc) is 3.22. The topological polar surface area (TPSA) is 133 Å². The molecule has 13 heteroatoms. The lowest BCUT2D eigenvalue weighted by molar-refractivity contribution is -0.133. The van der Waals surface area contributed by atoms with Gasteiger partial charge in [-0.2, -0.15) is 0 Å². The van der Waals surface area contributed by atoms with Crippen molar-refractivity contribution in [3.63, 3.8) is 0 Å². The molecule has 32 heavy (non-hydrogen) atoms. The molecule has 3 aliphatic rings. The van der Waals surface area contributed by atoms with E-state index < -0.39 is 46.8 Å². The zero-order valence-electron chi connectivity index (χ0n) is 19.2. The van der Waals surface area contributed by atoms with Crippen LogP contribution in [0.5, 0.6) is 0 Å². The number of nitrogens with zero attached hydrogens (tertiary/aromatic N) is 1. The van der Waals surface area contributed by atoms with Crippen molar-refractivity contribution in [2.45, 2.75) is 42.8 Å². The van der Waals surface area contributed by atoms with Gasteiger partial charge >= 0.3 is 29.7 Å². The minimum atomic E-state index is -3.42. The lowest BCUT2D eigenvalue weighted by atomic mass is 9.82. The largest absolute Gasteiger partial charge is 0.508 e. The van der Waals surface area contributed by atoms with Crippen molar-refractivity contribution in [3.05, 3.63) is 22.4 Å². The van der Waals surface area contributed by atoms with Crippen molar-refractivity contribution in [1.82, 2.24) is 4.90 Å². The van der Waals surface area contributed by atoms with Gasteiger partial charge in [-0.25, -0.2) is 9.59 Å². The summed E-state index contributed by atoms with van der Waals surface area (Å²) in [6, 6.07) is -1.03. The molecular formula is C19H31NO10Si2. The number of hydrogen-bond donors (Lipinski definition) is 2. The third-order valence-electron chi connectivity index (χ3n) is 6.96. The Labute approximate surface area is 189 Å². The number of amides is 1. The highest BCUT2D eigenvalue weighted by Gasteiger charge is 2.63. The molecule has 180 valence electrons. The summed E-state index contributed by atoms with van der Waals surface area (Å²) < 4.78 is 34.1. The lowest BCUT2D eigenvalue weighted by Crippen LogP contribution is -2.60. The molecule has 0 aromatic rings. The molecule has 0 aromatic heterocycles. The van der Waals surface area contributed by atoms with Crippen LogP contribution in [0.15, 0.2) is 22.4 Å². The van der Waals surface area contributed by atoms with Crippen LogP contribution >= 0.6 is 0 Å². The van der Waals surface area contributed by atoms with Crippen molar-refractivity contribution in [2.24, 2.45) is 0 Å². The fourth-order valence-corrected chi connectivity index (χ4v) is 10.9. The second kappa shape index (κ2) is 9.34. The fourth-order valence-electron chi connectivity index (χ4n) is 5.71. The molecule has 1 amide bonds. The van der Waals surface area contributed by atoms with E-state index >= 15 is 0 Å². The first-order valence-electron chi connectivity index (χ1n) is 10.2. The summed E-state index contributed by atoms with van der Waals surface area (Å²) in [4.78, 5) is 26.3. The Morgan fingerprint density at radius 3 is 1.81 bits per heavy atom. The van der Waals surface area contributed by atoms with Crippen molar-refractivity contribution < 1.29 is 46.4 Å². The third kappa shape index (κ3) is 3.47. The van der Waals surface area contributed by atoms with E-state index in [1.807, 2.05) is 0 Å². The summed E-state index contributed by atoms with van der Waals surface area (Å²) >= 11 is 0. The molecule has 1 aliphatic carbocycles. The summed E-state index contributed by atoms with van der Waals surface area (Å²) in [5, 5.41) is 20.5. The van der Waals surface area contributed by atoms with Crippen LogP contribution in [-0.4, -0.2) is 93.5 Å². The van der Waals surface area contributed by atoms with Gasteiger partial charge in [-0.3, -0.25) is 4.90 Å². The first-order valence-corrected chi connectivity index (χ1v) is 13.9. The van der Waals surface area contributed by atoms with E-state index in [0.29, 0.717) is 37.0 Å². The van der Waals surface area contributed by atoms with Crippen LogP contribution in [0.3, 0.4) is 0 Å². The lowest BCUT2D eigenvalue weighted by Gasteiger charge is -2.49. The molecule has 0 aromatic carbocycles. The van der Waals surface area contributed by atoms with Gasteiger partial charge in [0.05, 0.1) is 22.7 Å². The van der Waals surface area contributed by atoms with Gasteiger partial charge < -0.3 is 36.8 Å². The summed E-state index contributed by atoms with van der Waals surface area (Å²) in [6.45, 7) is 0. The zero-order valence-corrected chi connectivity index (χ0v) is 21.2. The molecule has 11 nitrogen and oxygen atoms in total. The van der Waals surface area contributed by atoms with Gasteiger partial charge in [-0.1, -0.05) is 0 Å². The molecule has 2 fully saturated rings. The van der Waals surface area contributed by atoms with Gasteiger partial charge in [-0.05, 0) is 36.8 Å². The van der Waals surface area contributed by atoms with E-state index in [1.165, 1.54) is 47.6 Å². The Morgan fingerprint density at radius 2 is 1.38 bits per heavy atom. The second-order valence-corrected chi connectivity index (χ2v) is 14.1. The van der Waals surface area contributed by atoms with Crippen molar-refractivity contribution in [1.29, 1.82) is 0 Å². The molecule has 3 unspecified atom stereocenters. The van der Waals surface area contributed by atoms with Gasteiger partial charge in [0.2, 0.25) is 0 Å². The maximum Gasteiger partial charge on any atom is 0.508 e. The number of rotatable bonds is 9. The van der Waals surface area contributed by atoms with Crippen LogP contribution in [0, 0.1) is 0 Å². The number of hydrogen-bond acceptors (Lipinski definition) is 8. The fraction of sp³-hybridized carbons (Fsp3) is 0.684. The van der Waals surface area contributed by atoms with Gasteiger partial charge in [0, 0.05) is 48.4 Å². The SMILES string of the molecule is CO[Si](OC)(OC)C1CCC2=C3CCC([Si](OC)(OC)OC)C(C(C(=O)O)=C21)N3C(=O)O. The van der Waals surface area contributed by atoms with Crippen LogP contribution in [0.2, 0.25) is 11.1 Å². The van der Waals surface area contributed by atoms with Crippen molar-refractivity contribution in [2.75, 3.05) is 42.7 Å². The number of allylic oxidation sites excluding steroid dienone is 3. The highest BCUT2D eigenvalue weighted by molar-refractivity contribution is 6.64. The van der Waals surface area contributed by atoms with Gasteiger partial charge in [0.25, 0.3) is 0 Å². The van der Waals surface area contributed by atoms with E-state index in [1.54, 1.807) is 0 Å². The van der Waals surface area contributed by atoms with Gasteiger partial charge in [0.15, 0.2) is 0 Å². The first-order chi connectivity index (χ1) is 15.2. The Hall–Kier alpha value is -1.59. The first kappa shape index (κ1) is 25.0. The number of carboxylic acids is 1. The number of carbonyl (C=O) groups is 2. The Kier molecular flexibility index (Phi) is 7.31. The number of fused-ring (bicyclic) bond motifs is 3. The van der Waals surface area contributed by atoms with Crippen LogP contribution in [-0.2, 0) is 31.4 Å². The summed E-state index contributed by atoms with van der Waals surface area (Å²) in [6.07, 6.45) is 0.741. The highest BCUT2D eigenvalue weighted by atomic mass is 28.4. The molecule has 1 saturated carbocycles. The molecule has 3 atom stereocenters. The minimum absolute atomic E-state index is 0.00981. The Bertz CT molecular complexity index is 819. The molecule has 3 rings (SSSR count). The van der Waals surface area contributed by atoms with Crippen LogP contribution < -0.4 is 0 Å². The normalized spacial score (nSPS) is 25.9. The quantitative estimate of drug-likeness (QED) is 0.464. The average molecular weight is 490 g/mol. The summed E-state index contributed by atoms with van der Waals surface area (Å²) in [5.41, 5.74) is 0.852. The smallest absolute Gasteiger partial charge is 0.478 e. The molecule has 0 spiro atoms. The maximum absolute atomic E-state index is 12.7. The molecule has 2 N–H and O–H groups in total. The number of piperidine rings is 1. The highest BCUT2D eigenvalue weighted by Crippen LogP contribution is 2.58. The number of aliphatic carboxylic acids is 1. The van der Waals surface area contributed by atoms with Crippen molar-refractivity contribution in [3.8, 4) is 0 Å². The monoisotopic (exact) mass is 489 g/mol. The Morgan fingerprint density at radius 1 is 0.844 bits per heavy atom. The molecule has 1 saturated heterocycles. The van der Waals surface area contributed by atoms with Crippen LogP contribution in [0.25, 0.3) is 0 Å². The predicted molar refractivity (Wildman–Crippen MR) is 115 cm³/mol.